The van der Waals surface area contributed by atoms with Gasteiger partial charge in [0, 0.05) is 12.5 Å². The van der Waals surface area contributed by atoms with Crippen molar-refractivity contribution in [2.24, 2.45) is 0 Å². The van der Waals surface area contributed by atoms with Crippen molar-refractivity contribution in [3.63, 3.8) is 0 Å². The molecule has 5 heterocycles. The van der Waals surface area contributed by atoms with Crippen LogP contribution >= 0.6 is 11.3 Å². The van der Waals surface area contributed by atoms with Crippen molar-refractivity contribution in [3.8, 4) is 17.3 Å². The predicted octanol–water partition coefficient (Wildman–Crippen LogP) is 2.60. The lowest BCUT2D eigenvalue weighted by Gasteiger charge is -2.43. The van der Waals surface area contributed by atoms with Gasteiger partial charge in [-0.2, -0.15) is 0 Å². The number of thiazole rings is 1. The van der Waals surface area contributed by atoms with Crippen LogP contribution in [-0.4, -0.2) is 64.6 Å². The van der Waals surface area contributed by atoms with Gasteiger partial charge in [0.25, 0.3) is 6.01 Å². The van der Waals surface area contributed by atoms with Crippen LogP contribution in [0.4, 0.5) is 15.9 Å². The van der Waals surface area contributed by atoms with Crippen LogP contribution < -0.4 is 20.3 Å². The molecule has 12 heteroatoms. The number of aromatic nitrogens is 3. The number of hydrogen-bond donors (Lipinski definition) is 3. The Balaban J connectivity index is 1.38. The Morgan fingerprint density at radius 1 is 1.38 bits per heavy atom. The number of aliphatic hydroxyl groups excluding tert-OH is 1. The summed E-state index contributed by atoms with van der Waals surface area (Å²) in [6.45, 7) is 5.02. The number of morpholine rings is 1. The van der Waals surface area contributed by atoms with Gasteiger partial charge < -0.3 is 29.2 Å². The van der Waals surface area contributed by atoms with Crippen LogP contribution in [0.5, 0.6) is 5.88 Å². The number of urea groups is 1. The fraction of sp³-hybridized carbons (Fsp3) is 0.455. The number of aliphatic hydroxyl groups is 1. The molecule has 0 unspecified atom stereocenters. The standard InChI is InChI=1S/C22H26N6O5S/c1-3-32-18-6-4-5-14(25-18)17-8-23-22(33-17)28-13-7-15-19(16(28)11-31-10-13)34-21(26-15)27-20(30)24-12(2)9-29/h4-6,8,12-13,16,29H,3,7,9-11H2,1-2H3,(H2,24,26,27,30)/t12-,13+,16+/m1/s1. The Morgan fingerprint density at radius 3 is 3.09 bits per heavy atom. The third-order valence-electron chi connectivity index (χ3n) is 5.63. The first kappa shape index (κ1) is 22.6. The normalized spacial score (nSPS) is 19.9. The van der Waals surface area contributed by atoms with Gasteiger partial charge in [0.05, 0.1) is 61.3 Å². The summed E-state index contributed by atoms with van der Waals surface area (Å²) in [7, 11) is 0. The van der Waals surface area contributed by atoms with E-state index in [1.807, 2.05) is 19.1 Å². The summed E-state index contributed by atoms with van der Waals surface area (Å²) in [5.41, 5.74) is 1.60. The molecule has 2 aliphatic heterocycles. The van der Waals surface area contributed by atoms with Crippen molar-refractivity contribution >= 4 is 28.5 Å². The second-order valence-electron chi connectivity index (χ2n) is 8.13. The minimum Gasteiger partial charge on any atom is -0.478 e. The molecule has 180 valence electrons. The van der Waals surface area contributed by atoms with Crippen molar-refractivity contribution in [2.75, 3.05) is 36.6 Å². The van der Waals surface area contributed by atoms with Gasteiger partial charge in [0.2, 0.25) is 5.88 Å². The fourth-order valence-corrected chi connectivity index (χ4v) is 5.18. The van der Waals surface area contributed by atoms with E-state index in [2.05, 4.69) is 30.5 Å². The van der Waals surface area contributed by atoms with E-state index in [0.29, 0.717) is 54.7 Å². The monoisotopic (exact) mass is 486 g/mol. The van der Waals surface area contributed by atoms with Gasteiger partial charge in [-0.1, -0.05) is 17.4 Å². The number of anilines is 2. The lowest BCUT2D eigenvalue weighted by molar-refractivity contribution is 0.0578. The Hall–Kier alpha value is -3.22. The Kier molecular flexibility index (Phi) is 6.35. The molecule has 0 radical (unpaired) electrons. The first-order valence-corrected chi connectivity index (χ1v) is 12.0. The number of fused-ring (bicyclic) bond motifs is 4. The summed E-state index contributed by atoms with van der Waals surface area (Å²) in [4.78, 5) is 29.0. The maximum Gasteiger partial charge on any atom is 0.321 e. The average molecular weight is 487 g/mol. The second-order valence-corrected chi connectivity index (χ2v) is 9.16. The number of nitrogens with one attached hydrogen (secondary N) is 2. The molecule has 11 nitrogen and oxygen atoms in total. The molecule has 0 aromatic carbocycles. The Bertz CT molecular complexity index is 1170. The highest BCUT2D eigenvalue weighted by molar-refractivity contribution is 7.16. The number of nitrogens with zero attached hydrogens (tertiary/aromatic N) is 4. The van der Waals surface area contributed by atoms with Gasteiger partial charge in [-0.25, -0.2) is 19.7 Å². The highest BCUT2D eigenvalue weighted by atomic mass is 32.1. The second kappa shape index (κ2) is 9.57. The van der Waals surface area contributed by atoms with E-state index in [1.165, 1.54) is 11.3 Å². The van der Waals surface area contributed by atoms with Crippen LogP contribution in [0.15, 0.2) is 28.8 Å². The van der Waals surface area contributed by atoms with E-state index in [0.717, 1.165) is 10.6 Å². The summed E-state index contributed by atoms with van der Waals surface area (Å²) in [5.74, 6) is 1.09. The van der Waals surface area contributed by atoms with E-state index in [9.17, 15) is 4.79 Å². The zero-order chi connectivity index (χ0) is 23.7. The molecule has 3 atom stereocenters. The molecule has 2 aliphatic rings. The lowest BCUT2D eigenvalue weighted by Crippen LogP contribution is -2.51. The van der Waals surface area contributed by atoms with Gasteiger partial charge >= 0.3 is 6.03 Å². The molecule has 3 aromatic heterocycles. The minimum atomic E-state index is -0.400. The molecule has 0 saturated carbocycles. The van der Waals surface area contributed by atoms with Gasteiger partial charge in [-0.3, -0.25) is 5.32 Å². The molecule has 1 fully saturated rings. The van der Waals surface area contributed by atoms with Crippen molar-refractivity contribution < 1.29 is 23.8 Å². The topological polar surface area (TPSA) is 135 Å². The lowest BCUT2D eigenvalue weighted by atomic mass is 9.97. The maximum atomic E-state index is 12.2. The minimum absolute atomic E-state index is 0.0126. The number of rotatable bonds is 7. The van der Waals surface area contributed by atoms with E-state index in [4.69, 9.17) is 19.0 Å². The van der Waals surface area contributed by atoms with Crippen LogP contribution in [-0.2, 0) is 11.2 Å². The van der Waals surface area contributed by atoms with Gasteiger partial charge in [0.15, 0.2) is 10.9 Å². The van der Waals surface area contributed by atoms with Crippen LogP contribution in [0.1, 0.15) is 30.5 Å². The van der Waals surface area contributed by atoms with Crippen molar-refractivity contribution in [1.29, 1.82) is 0 Å². The molecule has 5 rings (SSSR count). The molecular formula is C22H26N6O5S. The number of pyridine rings is 1. The molecule has 2 bridgehead atoms. The average Bonchev–Trinajstić information content (AvgIpc) is 3.46. The number of amides is 2. The third kappa shape index (κ3) is 4.43. The quantitative estimate of drug-likeness (QED) is 0.460. The zero-order valence-electron chi connectivity index (χ0n) is 18.9. The van der Waals surface area contributed by atoms with E-state index < -0.39 is 6.03 Å². The molecular weight excluding hydrogens is 460 g/mol. The fourth-order valence-electron chi connectivity index (χ4n) is 4.11. The van der Waals surface area contributed by atoms with Crippen LogP contribution in [0, 0.1) is 0 Å². The Labute approximate surface area is 200 Å². The number of carbonyl (C=O) groups is 1. The molecule has 2 amide bonds. The van der Waals surface area contributed by atoms with Crippen LogP contribution in [0.2, 0.25) is 0 Å². The molecule has 1 saturated heterocycles. The first-order chi connectivity index (χ1) is 16.6. The smallest absolute Gasteiger partial charge is 0.321 e. The zero-order valence-corrected chi connectivity index (χ0v) is 19.7. The highest BCUT2D eigenvalue weighted by Gasteiger charge is 2.42. The first-order valence-electron chi connectivity index (χ1n) is 11.2. The number of ether oxygens (including phenoxy) is 2. The SMILES string of the molecule is CCOc1cccc(-c2cnc(N3[C@@H]4COC[C@H]3c3sc(NC(=O)N[C@H](C)CO)nc3C4)o2)n1. The van der Waals surface area contributed by atoms with Gasteiger partial charge in [0.1, 0.15) is 5.69 Å². The summed E-state index contributed by atoms with van der Waals surface area (Å²) in [5, 5.41) is 15.1. The molecule has 3 N–H and O–H groups in total. The van der Waals surface area contributed by atoms with E-state index in [1.54, 1.807) is 19.2 Å². The van der Waals surface area contributed by atoms with Crippen LogP contribution in [0.25, 0.3) is 11.5 Å². The summed E-state index contributed by atoms with van der Waals surface area (Å²) in [6, 6.07) is 5.17. The molecule has 34 heavy (non-hydrogen) atoms. The highest BCUT2D eigenvalue weighted by Crippen LogP contribution is 2.43. The largest absolute Gasteiger partial charge is 0.478 e. The van der Waals surface area contributed by atoms with Crippen LogP contribution in [0.3, 0.4) is 0 Å². The maximum absolute atomic E-state index is 12.2. The predicted molar refractivity (Wildman–Crippen MR) is 125 cm³/mol. The third-order valence-corrected chi connectivity index (χ3v) is 6.74. The number of carbonyl (C=O) groups excluding carboxylic acids is 1. The van der Waals surface area contributed by atoms with Gasteiger partial charge in [-0.15, -0.1) is 0 Å². The summed E-state index contributed by atoms with van der Waals surface area (Å²) < 4.78 is 17.5. The van der Waals surface area contributed by atoms with Crippen molar-refractivity contribution in [3.05, 3.63) is 35.0 Å². The van der Waals surface area contributed by atoms with Gasteiger partial charge in [-0.05, 0) is 19.9 Å². The van der Waals surface area contributed by atoms with Crippen molar-refractivity contribution in [1.82, 2.24) is 20.3 Å². The molecule has 3 aromatic rings. The van der Waals surface area contributed by atoms with Crippen molar-refractivity contribution in [2.45, 2.75) is 38.4 Å². The van der Waals surface area contributed by atoms with E-state index in [-0.39, 0.29) is 24.7 Å². The molecule has 0 aliphatic carbocycles. The van der Waals surface area contributed by atoms with E-state index >= 15 is 0 Å². The Morgan fingerprint density at radius 2 is 2.26 bits per heavy atom. The molecule has 0 spiro atoms. The number of oxazole rings is 1. The summed E-state index contributed by atoms with van der Waals surface area (Å²) in [6.07, 6.45) is 2.32. The number of hydrogen-bond acceptors (Lipinski definition) is 10. The summed E-state index contributed by atoms with van der Waals surface area (Å²) >= 11 is 1.41.